The Morgan fingerprint density at radius 3 is 2.36 bits per heavy atom. The zero-order valence-corrected chi connectivity index (χ0v) is 18.1. The number of amides is 1. The second kappa shape index (κ2) is 9.37. The summed E-state index contributed by atoms with van der Waals surface area (Å²) < 4.78 is 39.7. The van der Waals surface area contributed by atoms with Gasteiger partial charge < -0.3 is 25.4 Å². The van der Waals surface area contributed by atoms with E-state index in [9.17, 15) is 13.6 Å². The maximum atomic E-state index is 14.9. The summed E-state index contributed by atoms with van der Waals surface area (Å²) in [6.45, 7) is 4.74. The molecule has 3 heterocycles. The summed E-state index contributed by atoms with van der Waals surface area (Å²) in [6.07, 6.45) is 4.35. The van der Waals surface area contributed by atoms with Crippen molar-refractivity contribution in [1.82, 2.24) is 20.6 Å². The lowest BCUT2D eigenvalue weighted by Crippen LogP contribution is -2.45. The van der Waals surface area contributed by atoms with Crippen LogP contribution in [0.5, 0.6) is 11.5 Å². The van der Waals surface area contributed by atoms with E-state index in [1.165, 1.54) is 26.5 Å². The number of ether oxygens (including phenoxy) is 2. The Balaban J connectivity index is 1.63. The largest absolute Gasteiger partial charge is 0.494 e. The highest BCUT2D eigenvalue weighted by molar-refractivity contribution is 5.88. The molecule has 0 bridgehead atoms. The highest BCUT2D eigenvalue weighted by atomic mass is 19.1. The quantitative estimate of drug-likeness (QED) is 0.471. The second-order valence-corrected chi connectivity index (χ2v) is 7.50. The number of aromatic nitrogens is 2. The predicted molar refractivity (Wildman–Crippen MR) is 120 cm³/mol. The third kappa shape index (κ3) is 4.42. The van der Waals surface area contributed by atoms with Crippen LogP contribution < -0.4 is 25.4 Å². The van der Waals surface area contributed by atoms with E-state index in [-0.39, 0.29) is 40.7 Å². The third-order valence-corrected chi connectivity index (χ3v) is 5.49. The van der Waals surface area contributed by atoms with E-state index < -0.39 is 11.6 Å². The van der Waals surface area contributed by atoms with Crippen LogP contribution in [0.1, 0.15) is 0 Å². The molecule has 8 nitrogen and oxygen atoms in total. The van der Waals surface area contributed by atoms with Crippen molar-refractivity contribution in [2.45, 2.75) is 12.1 Å². The predicted octanol–water partition coefficient (Wildman–Crippen LogP) is 2.65. The summed E-state index contributed by atoms with van der Waals surface area (Å²) in [5.41, 5.74) is -0.252. The van der Waals surface area contributed by atoms with Gasteiger partial charge in [0.15, 0.2) is 23.1 Å². The first-order valence-corrected chi connectivity index (χ1v) is 10.2. The zero-order chi connectivity index (χ0) is 23.5. The number of hydrogen-bond donors (Lipinski definition) is 3. The maximum Gasteiger partial charge on any atom is 0.243 e. The van der Waals surface area contributed by atoms with Crippen LogP contribution in [-0.4, -0.2) is 55.3 Å². The Morgan fingerprint density at radius 2 is 1.70 bits per heavy atom. The molecule has 3 N–H and O–H groups in total. The standard InChI is InChI=1S/C23H23F2N5O3/c1-4-20(31)30-16-11-26-10-15(16)29-19-6-13-8-27-14(5-12(13)9-28-19)21-22(24)17(32-2)7-18(33-3)23(21)25/h4-9,15-16,26H,1,10-11H2,2-3H3,(H,28,29)(H,30,31). The zero-order valence-electron chi connectivity index (χ0n) is 18.1. The van der Waals surface area contributed by atoms with Crippen LogP contribution in [-0.2, 0) is 4.79 Å². The molecule has 0 spiro atoms. The topological polar surface area (TPSA) is 97.4 Å². The van der Waals surface area contributed by atoms with Gasteiger partial charge in [-0.3, -0.25) is 9.78 Å². The molecular formula is C23H23F2N5O3. The van der Waals surface area contributed by atoms with Crippen molar-refractivity contribution in [2.75, 3.05) is 32.6 Å². The van der Waals surface area contributed by atoms with Gasteiger partial charge in [-0.2, -0.15) is 0 Å². The fourth-order valence-electron chi connectivity index (χ4n) is 3.78. The van der Waals surface area contributed by atoms with Gasteiger partial charge >= 0.3 is 0 Å². The Labute approximate surface area is 189 Å². The summed E-state index contributed by atoms with van der Waals surface area (Å²) in [6, 6.07) is 4.30. The molecule has 1 amide bonds. The minimum atomic E-state index is -0.866. The van der Waals surface area contributed by atoms with Crippen LogP contribution in [0.4, 0.5) is 14.6 Å². The highest BCUT2D eigenvalue weighted by Crippen LogP contribution is 2.37. The SMILES string of the molecule is C=CC(=O)NC1CNCC1Nc1cc2cnc(-c3c(F)c(OC)cc(OC)c3F)cc2cn1. The van der Waals surface area contributed by atoms with Crippen LogP contribution in [0.15, 0.2) is 43.2 Å². The lowest BCUT2D eigenvalue weighted by Gasteiger charge is -2.21. The van der Waals surface area contributed by atoms with E-state index in [0.29, 0.717) is 24.3 Å². The summed E-state index contributed by atoms with van der Waals surface area (Å²) in [4.78, 5) is 20.3. The van der Waals surface area contributed by atoms with Crippen LogP contribution >= 0.6 is 0 Å². The fourth-order valence-corrected chi connectivity index (χ4v) is 3.78. The van der Waals surface area contributed by atoms with E-state index in [1.807, 2.05) is 0 Å². The molecule has 1 aromatic carbocycles. The van der Waals surface area contributed by atoms with E-state index in [1.54, 1.807) is 18.3 Å². The monoisotopic (exact) mass is 455 g/mol. The minimum Gasteiger partial charge on any atom is -0.494 e. The van der Waals surface area contributed by atoms with Gasteiger partial charge in [0.1, 0.15) is 5.82 Å². The van der Waals surface area contributed by atoms with Crippen molar-refractivity contribution < 1.29 is 23.0 Å². The molecule has 2 atom stereocenters. The average molecular weight is 455 g/mol. The number of pyridine rings is 2. The molecule has 1 fully saturated rings. The third-order valence-electron chi connectivity index (χ3n) is 5.49. The van der Waals surface area contributed by atoms with Crippen LogP contribution in [0.2, 0.25) is 0 Å². The van der Waals surface area contributed by atoms with Gasteiger partial charge in [0, 0.05) is 42.3 Å². The molecule has 1 aliphatic rings. The Morgan fingerprint density at radius 1 is 1.06 bits per heavy atom. The molecule has 1 saturated heterocycles. The second-order valence-electron chi connectivity index (χ2n) is 7.50. The van der Waals surface area contributed by atoms with E-state index in [0.717, 1.165) is 11.5 Å². The van der Waals surface area contributed by atoms with Gasteiger partial charge in [-0.25, -0.2) is 13.8 Å². The van der Waals surface area contributed by atoms with Crippen molar-refractivity contribution in [3.05, 3.63) is 54.9 Å². The highest BCUT2D eigenvalue weighted by Gasteiger charge is 2.28. The summed E-state index contributed by atoms with van der Waals surface area (Å²) in [5.74, 6) is -1.68. The van der Waals surface area contributed by atoms with Gasteiger partial charge in [-0.05, 0) is 18.2 Å². The van der Waals surface area contributed by atoms with Gasteiger partial charge in [0.05, 0.1) is 37.6 Å². The number of halogens is 2. The molecule has 33 heavy (non-hydrogen) atoms. The molecular weight excluding hydrogens is 432 g/mol. The number of carbonyl (C=O) groups is 1. The first-order valence-electron chi connectivity index (χ1n) is 10.2. The molecule has 3 aromatic rings. The molecule has 0 radical (unpaired) electrons. The van der Waals surface area contributed by atoms with Crippen molar-refractivity contribution in [3.8, 4) is 22.8 Å². The Kier molecular flexibility index (Phi) is 6.36. The number of carbonyl (C=O) groups excluding carboxylic acids is 1. The lowest BCUT2D eigenvalue weighted by atomic mass is 10.1. The van der Waals surface area contributed by atoms with Crippen molar-refractivity contribution >= 4 is 22.5 Å². The summed E-state index contributed by atoms with van der Waals surface area (Å²) in [7, 11) is 2.58. The first-order chi connectivity index (χ1) is 15.9. The minimum absolute atomic E-state index is 0.0708. The molecule has 2 aromatic heterocycles. The number of rotatable bonds is 7. The number of hydrogen-bond acceptors (Lipinski definition) is 7. The lowest BCUT2D eigenvalue weighted by molar-refractivity contribution is -0.117. The van der Waals surface area contributed by atoms with E-state index >= 15 is 0 Å². The summed E-state index contributed by atoms with van der Waals surface area (Å²) in [5, 5.41) is 10.8. The van der Waals surface area contributed by atoms with Crippen LogP contribution in [0.3, 0.4) is 0 Å². The number of methoxy groups -OCH3 is 2. The van der Waals surface area contributed by atoms with Crippen LogP contribution in [0, 0.1) is 11.6 Å². The van der Waals surface area contributed by atoms with Gasteiger partial charge in [0.2, 0.25) is 5.91 Å². The number of nitrogens with zero attached hydrogens (tertiary/aromatic N) is 2. The maximum absolute atomic E-state index is 14.9. The van der Waals surface area contributed by atoms with Gasteiger partial charge in [-0.1, -0.05) is 6.58 Å². The van der Waals surface area contributed by atoms with E-state index in [4.69, 9.17) is 9.47 Å². The number of nitrogens with one attached hydrogen (secondary N) is 3. The molecule has 10 heteroatoms. The fraction of sp³-hybridized carbons (Fsp3) is 0.261. The van der Waals surface area contributed by atoms with Crippen LogP contribution in [0.25, 0.3) is 22.0 Å². The first kappa shape index (κ1) is 22.4. The molecule has 172 valence electrons. The number of fused-ring (bicyclic) bond motifs is 1. The van der Waals surface area contributed by atoms with Gasteiger partial charge in [0.25, 0.3) is 0 Å². The van der Waals surface area contributed by atoms with Gasteiger partial charge in [-0.15, -0.1) is 0 Å². The van der Waals surface area contributed by atoms with Crippen molar-refractivity contribution in [2.24, 2.45) is 0 Å². The van der Waals surface area contributed by atoms with E-state index in [2.05, 4.69) is 32.5 Å². The molecule has 4 rings (SSSR count). The molecule has 0 saturated carbocycles. The van der Waals surface area contributed by atoms with Crippen molar-refractivity contribution in [3.63, 3.8) is 0 Å². The normalized spacial score (nSPS) is 17.6. The molecule has 1 aliphatic heterocycles. The molecule has 0 aliphatic carbocycles. The van der Waals surface area contributed by atoms with Crippen molar-refractivity contribution in [1.29, 1.82) is 0 Å². The number of benzene rings is 1. The number of anilines is 1. The summed E-state index contributed by atoms with van der Waals surface area (Å²) >= 11 is 0. The average Bonchev–Trinajstić information content (AvgIpc) is 3.25. The molecule has 2 unspecified atom stereocenters. The smallest absolute Gasteiger partial charge is 0.243 e. The Bertz CT molecular complexity index is 1190. The Hall–Kier alpha value is -3.79.